The van der Waals surface area contributed by atoms with E-state index in [1.807, 2.05) is 6.92 Å². The fourth-order valence-electron chi connectivity index (χ4n) is 2.96. The maximum Gasteiger partial charge on any atom is 0.272 e. The van der Waals surface area contributed by atoms with E-state index in [0.717, 1.165) is 12.5 Å². The third-order valence-electron chi connectivity index (χ3n) is 4.76. The van der Waals surface area contributed by atoms with Crippen LogP contribution >= 0.6 is 0 Å². The molecule has 8 heteroatoms. The molecular formula is C17H23N5O3. The summed E-state index contributed by atoms with van der Waals surface area (Å²) < 4.78 is 12.7. The molecule has 1 saturated heterocycles. The largest absolute Gasteiger partial charge is 0.381 e. The molecular weight excluding hydrogens is 322 g/mol. The summed E-state index contributed by atoms with van der Waals surface area (Å²) >= 11 is 0. The summed E-state index contributed by atoms with van der Waals surface area (Å²) in [6, 6.07) is 1.76. The van der Waals surface area contributed by atoms with Crippen molar-refractivity contribution in [3.63, 3.8) is 0 Å². The number of rotatable bonds is 8. The Kier molecular flexibility index (Phi) is 4.52. The molecule has 0 N–H and O–H groups in total. The van der Waals surface area contributed by atoms with Gasteiger partial charge in [-0.3, -0.25) is 9.48 Å². The maximum atomic E-state index is 12.5. The molecule has 1 saturated carbocycles. The second-order valence-corrected chi connectivity index (χ2v) is 6.76. The number of carbonyl (C=O) groups is 1. The van der Waals surface area contributed by atoms with Crippen molar-refractivity contribution in [3.05, 3.63) is 29.7 Å². The number of aromatic nitrogens is 4. The third-order valence-corrected chi connectivity index (χ3v) is 4.76. The second kappa shape index (κ2) is 6.95. The van der Waals surface area contributed by atoms with E-state index in [9.17, 15) is 4.79 Å². The second-order valence-electron chi connectivity index (χ2n) is 6.76. The van der Waals surface area contributed by atoms with E-state index in [1.54, 1.807) is 21.8 Å². The minimum atomic E-state index is 0.00353. The predicted octanol–water partition coefficient (Wildman–Crippen LogP) is 1.49. The maximum absolute atomic E-state index is 12.5. The summed E-state index contributed by atoms with van der Waals surface area (Å²) in [6.07, 6.45) is 4.91. The number of aryl methyl sites for hydroxylation is 1. The Morgan fingerprint density at radius 2 is 2.24 bits per heavy atom. The minimum absolute atomic E-state index is 0.00353. The molecule has 1 aliphatic carbocycles. The first-order valence-corrected chi connectivity index (χ1v) is 8.96. The third kappa shape index (κ3) is 3.58. The smallest absolute Gasteiger partial charge is 0.272 e. The molecule has 1 amide bonds. The highest BCUT2D eigenvalue weighted by Crippen LogP contribution is 2.29. The normalized spacial score (nSPS) is 17.7. The van der Waals surface area contributed by atoms with Crippen LogP contribution in [-0.2, 0) is 17.7 Å². The Bertz CT molecular complexity index is 730. The van der Waals surface area contributed by atoms with Crippen LogP contribution in [0.2, 0.25) is 0 Å². The van der Waals surface area contributed by atoms with Crippen LogP contribution < -0.4 is 0 Å². The molecule has 0 atom stereocenters. The molecule has 134 valence electrons. The van der Waals surface area contributed by atoms with E-state index in [1.165, 1.54) is 12.8 Å². The van der Waals surface area contributed by atoms with Gasteiger partial charge in [-0.2, -0.15) is 10.1 Å². The molecule has 0 radical (unpaired) electrons. The van der Waals surface area contributed by atoms with Crippen molar-refractivity contribution in [2.45, 2.75) is 38.6 Å². The van der Waals surface area contributed by atoms with Crippen LogP contribution in [0, 0.1) is 5.92 Å². The van der Waals surface area contributed by atoms with Crippen molar-refractivity contribution in [1.82, 2.24) is 24.8 Å². The average molecular weight is 345 g/mol. The average Bonchev–Trinajstić information content (AvgIpc) is 3.09. The summed E-state index contributed by atoms with van der Waals surface area (Å²) in [5, 5.41) is 8.16. The molecule has 0 spiro atoms. The lowest BCUT2D eigenvalue weighted by Gasteiger charge is -2.36. The van der Waals surface area contributed by atoms with Crippen molar-refractivity contribution < 1.29 is 14.1 Å². The fourth-order valence-corrected chi connectivity index (χ4v) is 2.96. The monoisotopic (exact) mass is 345 g/mol. The molecule has 2 fully saturated rings. The van der Waals surface area contributed by atoms with Crippen LogP contribution in [0.25, 0.3) is 0 Å². The Morgan fingerprint density at radius 1 is 1.40 bits per heavy atom. The first-order valence-electron chi connectivity index (χ1n) is 8.96. The lowest BCUT2D eigenvalue weighted by atomic mass is 9.99. The summed E-state index contributed by atoms with van der Waals surface area (Å²) in [6.45, 7) is 5.34. The number of likely N-dealkylation sites (tertiary alicyclic amines) is 1. The number of ether oxygens (including phenoxy) is 1. The number of hydrogen-bond donors (Lipinski definition) is 0. The lowest BCUT2D eigenvalue weighted by Crippen LogP contribution is -2.49. The number of hydrogen-bond acceptors (Lipinski definition) is 6. The van der Waals surface area contributed by atoms with Crippen LogP contribution in [0.1, 0.15) is 47.9 Å². The van der Waals surface area contributed by atoms with Crippen LogP contribution in [0.3, 0.4) is 0 Å². The van der Waals surface area contributed by atoms with Gasteiger partial charge in [0, 0.05) is 38.9 Å². The van der Waals surface area contributed by atoms with Crippen molar-refractivity contribution >= 4 is 5.91 Å². The van der Waals surface area contributed by atoms with E-state index < -0.39 is 0 Å². The molecule has 0 aromatic carbocycles. The first kappa shape index (κ1) is 16.3. The molecule has 3 heterocycles. The van der Waals surface area contributed by atoms with Gasteiger partial charge in [0.05, 0.1) is 12.5 Å². The Hall–Kier alpha value is -2.22. The molecule has 2 aliphatic rings. The van der Waals surface area contributed by atoms with Gasteiger partial charge in [-0.05, 0) is 31.7 Å². The standard InChI is InChI=1S/C17H23N5O3/c1-2-22-14(5-7-18-22)17(23)21-9-13(10-21)16-19-15(20-25-16)6-8-24-11-12-3-4-12/h5,7,12-13H,2-4,6,8-11H2,1H3. The van der Waals surface area contributed by atoms with E-state index in [-0.39, 0.29) is 11.8 Å². The van der Waals surface area contributed by atoms with Gasteiger partial charge in [0.2, 0.25) is 5.89 Å². The zero-order chi connectivity index (χ0) is 17.2. The van der Waals surface area contributed by atoms with Gasteiger partial charge < -0.3 is 14.2 Å². The van der Waals surface area contributed by atoms with Gasteiger partial charge in [-0.1, -0.05) is 5.16 Å². The van der Waals surface area contributed by atoms with Crippen molar-refractivity contribution in [1.29, 1.82) is 0 Å². The number of nitrogens with zero attached hydrogens (tertiary/aromatic N) is 5. The first-order chi connectivity index (χ1) is 12.2. The van der Waals surface area contributed by atoms with Crippen LogP contribution in [0.5, 0.6) is 0 Å². The van der Waals surface area contributed by atoms with Crippen LogP contribution in [0.4, 0.5) is 0 Å². The van der Waals surface area contributed by atoms with E-state index in [2.05, 4.69) is 15.2 Å². The molecule has 2 aromatic rings. The number of carbonyl (C=O) groups excluding carboxylic acids is 1. The molecule has 0 unspecified atom stereocenters. The van der Waals surface area contributed by atoms with E-state index >= 15 is 0 Å². The van der Waals surface area contributed by atoms with Crippen LogP contribution in [-0.4, -0.2) is 57.0 Å². The predicted molar refractivity (Wildman–Crippen MR) is 88.1 cm³/mol. The van der Waals surface area contributed by atoms with Crippen molar-refractivity contribution in [2.24, 2.45) is 5.92 Å². The molecule has 25 heavy (non-hydrogen) atoms. The Labute approximate surface area is 146 Å². The van der Waals surface area contributed by atoms with Gasteiger partial charge >= 0.3 is 0 Å². The topological polar surface area (TPSA) is 86.3 Å². The molecule has 4 rings (SSSR count). The van der Waals surface area contributed by atoms with Gasteiger partial charge in [0.1, 0.15) is 5.69 Å². The zero-order valence-corrected chi connectivity index (χ0v) is 14.4. The SMILES string of the molecule is CCn1nccc1C(=O)N1CC(c2nc(CCOCC3CC3)no2)C1. The zero-order valence-electron chi connectivity index (χ0n) is 14.4. The molecule has 1 aliphatic heterocycles. The summed E-state index contributed by atoms with van der Waals surface area (Å²) in [5.41, 5.74) is 0.625. The molecule has 0 bridgehead atoms. The summed E-state index contributed by atoms with van der Waals surface area (Å²) in [5.74, 6) is 2.19. The van der Waals surface area contributed by atoms with Gasteiger partial charge in [0.25, 0.3) is 5.91 Å². The summed E-state index contributed by atoms with van der Waals surface area (Å²) in [4.78, 5) is 18.7. The van der Waals surface area contributed by atoms with Crippen molar-refractivity contribution in [2.75, 3.05) is 26.3 Å². The van der Waals surface area contributed by atoms with Gasteiger partial charge in [-0.25, -0.2) is 0 Å². The Morgan fingerprint density at radius 3 is 3.00 bits per heavy atom. The molecule has 8 nitrogen and oxygen atoms in total. The minimum Gasteiger partial charge on any atom is -0.381 e. The highest BCUT2D eigenvalue weighted by atomic mass is 16.5. The highest BCUT2D eigenvalue weighted by Gasteiger charge is 2.36. The van der Waals surface area contributed by atoms with Gasteiger partial charge in [-0.15, -0.1) is 0 Å². The lowest BCUT2D eigenvalue weighted by molar-refractivity contribution is 0.0556. The quantitative estimate of drug-likeness (QED) is 0.674. The highest BCUT2D eigenvalue weighted by molar-refractivity contribution is 5.93. The summed E-state index contributed by atoms with van der Waals surface area (Å²) in [7, 11) is 0. The fraction of sp³-hybridized carbons (Fsp3) is 0.647. The van der Waals surface area contributed by atoms with E-state index in [0.29, 0.717) is 50.1 Å². The van der Waals surface area contributed by atoms with E-state index in [4.69, 9.17) is 9.26 Å². The van der Waals surface area contributed by atoms with Crippen molar-refractivity contribution in [3.8, 4) is 0 Å². The molecule has 2 aromatic heterocycles. The Balaban J connectivity index is 1.25. The van der Waals surface area contributed by atoms with Gasteiger partial charge in [0.15, 0.2) is 5.82 Å². The van der Waals surface area contributed by atoms with Crippen LogP contribution in [0.15, 0.2) is 16.8 Å². The number of amides is 1.